The van der Waals surface area contributed by atoms with Gasteiger partial charge in [-0.25, -0.2) is 8.42 Å². The first-order valence-corrected chi connectivity index (χ1v) is 12.2. The van der Waals surface area contributed by atoms with Crippen molar-refractivity contribution in [3.8, 4) is 0 Å². The zero-order valence-electron chi connectivity index (χ0n) is 18.4. The molecule has 1 saturated heterocycles. The summed E-state index contributed by atoms with van der Waals surface area (Å²) in [5.74, 6) is 0.0597. The highest BCUT2D eigenvalue weighted by molar-refractivity contribution is 7.89. The summed E-state index contributed by atoms with van der Waals surface area (Å²) in [7, 11) is -4.33. The SMILES string of the molecule is O=C(NCc1ccccc1)c1ccc(N2CCN(S(=O)(=O)c3ccccc3C(F)(F)F)CC2)nn1. The number of carbonyl (C=O) groups excluding carboxylic acids is 1. The second-order valence-corrected chi connectivity index (χ2v) is 9.74. The lowest BCUT2D eigenvalue weighted by Gasteiger charge is -2.34. The van der Waals surface area contributed by atoms with Crippen LogP contribution < -0.4 is 10.2 Å². The minimum Gasteiger partial charge on any atom is -0.352 e. The average Bonchev–Trinajstić information content (AvgIpc) is 2.87. The van der Waals surface area contributed by atoms with Crippen LogP contribution in [0.4, 0.5) is 19.0 Å². The number of sulfonamides is 1. The Kier molecular flexibility index (Phi) is 7.03. The van der Waals surface area contributed by atoms with Gasteiger partial charge in [-0.1, -0.05) is 42.5 Å². The highest BCUT2D eigenvalue weighted by Gasteiger charge is 2.39. The van der Waals surface area contributed by atoms with Gasteiger partial charge in [-0.05, 0) is 29.8 Å². The lowest BCUT2D eigenvalue weighted by Crippen LogP contribution is -2.49. The number of aromatic nitrogens is 2. The summed E-state index contributed by atoms with van der Waals surface area (Å²) in [4.78, 5) is 13.3. The Balaban J connectivity index is 1.38. The summed E-state index contributed by atoms with van der Waals surface area (Å²) in [5.41, 5.74) is -0.111. The third-order valence-corrected chi connectivity index (χ3v) is 7.51. The zero-order chi connectivity index (χ0) is 25.1. The number of nitrogens with one attached hydrogen (secondary N) is 1. The molecule has 184 valence electrons. The van der Waals surface area contributed by atoms with Gasteiger partial charge in [-0.2, -0.15) is 17.5 Å². The first-order valence-electron chi connectivity index (χ1n) is 10.7. The molecule has 0 aliphatic carbocycles. The monoisotopic (exact) mass is 505 g/mol. The van der Waals surface area contributed by atoms with Crippen LogP contribution in [0.3, 0.4) is 0 Å². The van der Waals surface area contributed by atoms with Gasteiger partial charge in [-0.15, -0.1) is 10.2 Å². The van der Waals surface area contributed by atoms with Crippen LogP contribution >= 0.6 is 0 Å². The molecule has 35 heavy (non-hydrogen) atoms. The van der Waals surface area contributed by atoms with Crippen molar-refractivity contribution in [2.45, 2.75) is 17.6 Å². The first kappa shape index (κ1) is 24.6. The first-order chi connectivity index (χ1) is 16.7. The fourth-order valence-electron chi connectivity index (χ4n) is 3.71. The number of hydrogen-bond donors (Lipinski definition) is 1. The molecule has 1 aliphatic heterocycles. The molecule has 1 aromatic heterocycles. The topological polar surface area (TPSA) is 95.5 Å². The number of alkyl halides is 3. The van der Waals surface area contributed by atoms with Crippen LogP contribution in [-0.4, -0.2) is 55.0 Å². The summed E-state index contributed by atoms with van der Waals surface area (Å²) in [6, 6.07) is 16.7. The average molecular weight is 506 g/mol. The Hall–Kier alpha value is -3.51. The van der Waals surface area contributed by atoms with Crippen molar-refractivity contribution in [2.24, 2.45) is 0 Å². The molecule has 4 rings (SSSR count). The van der Waals surface area contributed by atoms with Crippen molar-refractivity contribution in [1.82, 2.24) is 19.8 Å². The van der Waals surface area contributed by atoms with Crippen molar-refractivity contribution < 1.29 is 26.4 Å². The summed E-state index contributed by atoms with van der Waals surface area (Å²) >= 11 is 0. The van der Waals surface area contributed by atoms with E-state index in [1.807, 2.05) is 30.3 Å². The molecule has 8 nitrogen and oxygen atoms in total. The van der Waals surface area contributed by atoms with Gasteiger partial charge < -0.3 is 10.2 Å². The molecule has 2 aromatic carbocycles. The number of benzene rings is 2. The molecule has 1 N–H and O–H groups in total. The maximum atomic E-state index is 13.3. The predicted molar refractivity (Wildman–Crippen MR) is 122 cm³/mol. The van der Waals surface area contributed by atoms with Crippen molar-refractivity contribution in [1.29, 1.82) is 0 Å². The van der Waals surface area contributed by atoms with Gasteiger partial charge in [0.25, 0.3) is 5.91 Å². The normalized spacial score (nSPS) is 15.1. The number of rotatable bonds is 6. The lowest BCUT2D eigenvalue weighted by molar-refractivity contribution is -0.139. The van der Waals surface area contributed by atoms with E-state index >= 15 is 0 Å². The van der Waals surface area contributed by atoms with Crippen LogP contribution in [0.5, 0.6) is 0 Å². The minimum atomic E-state index is -4.78. The van der Waals surface area contributed by atoms with E-state index in [0.717, 1.165) is 28.1 Å². The van der Waals surface area contributed by atoms with E-state index in [-0.39, 0.29) is 37.8 Å². The van der Waals surface area contributed by atoms with Gasteiger partial charge in [0.1, 0.15) is 0 Å². The molecule has 3 aromatic rings. The van der Waals surface area contributed by atoms with Crippen molar-refractivity contribution in [2.75, 3.05) is 31.1 Å². The molecular weight excluding hydrogens is 483 g/mol. The van der Waals surface area contributed by atoms with Crippen molar-refractivity contribution in [3.05, 3.63) is 83.6 Å². The summed E-state index contributed by atoms with van der Waals surface area (Å²) in [6.07, 6.45) is -4.78. The maximum absolute atomic E-state index is 13.3. The Labute approximate surface area is 200 Å². The molecule has 0 spiro atoms. The molecule has 12 heteroatoms. The molecule has 0 radical (unpaired) electrons. The fraction of sp³-hybridized carbons (Fsp3) is 0.261. The third kappa shape index (κ3) is 5.60. The van der Waals surface area contributed by atoms with Gasteiger partial charge in [0.05, 0.1) is 10.5 Å². The molecule has 0 unspecified atom stereocenters. The highest BCUT2D eigenvalue weighted by Crippen LogP contribution is 2.35. The predicted octanol–water partition coefficient (Wildman–Crippen LogP) is 2.94. The molecule has 2 heterocycles. The van der Waals surface area contributed by atoms with Gasteiger partial charge in [0, 0.05) is 32.7 Å². The lowest BCUT2D eigenvalue weighted by atomic mass is 10.2. The summed E-state index contributed by atoms with van der Waals surface area (Å²) < 4.78 is 66.8. The molecule has 1 fully saturated rings. The number of anilines is 1. The second kappa shape index (κ2) is 10.0. The quantitative estimate of drug-likeness (QED) is 0.554. The molecule has 0 atom stereocenters. The third-order valence-electron chi connectivity index (χ3n) is 5.55. The van der Waals surface area contributed by atoms with E-state index in [1.54, 1.807) is 11.0 Å². The van der Waals surface area contributed by atoms with Crippen LogP contribution in [-0.2, 0) is 22.7 Å². The van der Waals surface area contributed by atoms with Crippen LogP contribution in [0.15, 0.2) is 71.6 Å². The van der Waals surface area contributed by atoms with Crippen LogP contribution in [0.25, 0.3) is 0 Å². The maximum Gasteiger partial charge on any atom is 0.417 e. The standard InChI is InChI=1S/C23H22F3N5O3S/c24-23(25,26)18-8-4-5-9-20(18)35(33,34)31-14-12-30(13-15-31)21-11-10-19(28-29-21)22(32)27-16-17-6-2-1-3-7-17/h1-11H,12-16H2,(H,27,32). The molecule has 1 amide bonds. The van der Waals surface area contributed by atoms with Crippen molar-refractivity contribution in [3.63, 3.8) is 0 Å². The number of nitrogens with zero attached hydrogens (tertiary/aromatic N) is 4. The number of carbonyl (C=O) groups is 1. The van der Waals surface area contributed by atoms with E-state index in [0.29, 0.717) is 12.4 Å². The van der Waals surface area contributed by atoms with E-state index < -0.39 is 26.7 Å². The number of hydrogen-bond acceptors (Lipinski definition) is 6. The van der Waals surface area contributed by atoms with E-state index in [4.69, 9.17) is 0 Å². The summed E-state index contributed by atoms with van der Waals surface area (Å²) in [6.45, 7) is 0.728. The molecular formula is C23H22F3N5O3S. The molecule has 0 saturated carbocycles. The van der Waals surface area contributed by atoms with Gasteiger partial charge in [0.15, 0.2) is 11.5 Å². The van der Waals surface area contributed by atoms with E-state index in [1.165, 1.54) is 12.1 Å². The van der Waals surface area contributed by atoms with Crippen LogP contribution in [0.2, 0.25) is 0 Å². The Morgan fingerprint density at radius 1 is 0.886 bits per heavy atom. The smallest absolute Gasteiger partial charge is 0.352 e. The van der Waals surface area contributed by atoms with E-state index in [9.17, 15) is 26.4 Å². The van der Waals surface area contributed by atoms with Crippen LogP contribution in [0.1, 0.15) is 21.6 Å². The number of halogens is 3. The fourth-order valence-corrected chi connectivity index (χ4v) is 5.34. The van der Waals surface area contributed by atoms with Crippen molar-refractivity contribution >= 4 is 21.7 Å². The second-order valence-electron chi connectivity index (χ2n) is 7.83. The van der Waals surface area contributed by atoms with Crippen LogP contribution in [0, 0.1) is 0 Å². The Morgan fingerprint density at radius 3 is 2.17 bits per heavy atom. The van der Waals surface area contributed by atoms with E-state index in [2.05, 4.69) is 15.5 Å². The van der Waals surface area contributed by atoms with Gasteiger partial charge in [-0.3, -0.25) is 4.79 Å². The minimum absolute atomic E-state index is 0.0183. The van der Waals surface area contributed by atoms with Gasteiger partial charge in [0.2, 0.25) is 10.0 Å². The summed E-state index contributed by atoms with van der Waals surface area (Å²) in [5, 5.41) is 10.8. The number of amides is 1. The molecule has 1 aliphatic rings. The zero-order valence-corrected chi connectivity index (χ0v) is 19.3. The Morgan fingerprint density at radius 2 is 1.54 bits per heavy atom. The Bertz CT molecular complexity index is 1280. The van der Waals surface area contributed by atoms with Gasteiger partial charge >= 0.3 is 6.18 Å². The highest BCUT2D eigenvalue weighted by atomic mass is 32.2. The number of piperazine rings is 1. The largest absolute Gasteiger partial charge is 0.417 e. The molecule has 0 bridgehead atoms.